The summed E-state index contributed by atoms with van der Waals surface area (Å²) in [6, 6.07) is 17.7. The lowest BCUT2D eigenvalue weighted by atomic mass is 9.86. The maximum absolute atomic E-state index is 12.8. The summed E-state index contributed by atoms with van der Waals surface area (Å²) in [6.07, 6.45) is 0.340. The maximum atomic E-state index is 12.8. The molecule has 0 amide bonds. The Labute approximate surface area is 160 Å². The van der Waals surface area contributed by atoms with Crippen LogP contribution in [0.2, 0.25) is 0 Å². The highest BCUT2D eigenvalue weighted by molar-refractivity contribution is 6.22. The van der Waals surface area contributed by atoms with Crippen molar-refractivity contribution in [1.29, 1.82) is 0 Å². The first kappa shape index (κ1) is 17.9. The van der Waals surface area contributed by atoms with Gasteiger partial charge in [-0.25, -0.2) is 4.79 Å². The van der Waals surface area contributed by atoms with Gasteiger partial charge in [-0.15, -0.1) is 0 Å². The molecule has 1 aliphatic heterocycles. The van der Waals surface area contributed by atoms with Crippen LogP contribution >= 0.6 is 0 Å². The Hall–Kier alpha value is -3.48. The largest absolute Gasteiger partial charge is 0.480 e. The predicted octanol–water partition coefficient (Wildman–Crippen LogP) is 2.34. The third-order valence-corrected chi connectivity index (χ3v) is 5.09. The highest BCUT2D eigenvalue weighted by Crippen LogP contribution is 2.48. The Morgan fingerprint density at radius 3 is 2.21 bits per heavy atom. The van der Waals surface area contributed by atoms with E-state index in [1.54, 1.807) is 54.6 Å². The normalized spacial score (nSPS) is 22.1. The molecule has 1 atom stereocenters. The number of rotatable bonds is 6. The van der Waals surface area contributed by atoms with Gasteiger partial charge in [0.25, 0.3) is 5.60 Å². The summed E-state index contributed by atoms with van der Waals surface area (Å²) >= 11 is 0. The molecule has 2 aliphatic rings. The van der Waals surface area contributed by atoms with Crippen LogP contribution in [0.25, 0.3) is 0 Å². The van der Waals surface area contributed by atoms with Crippen LogP contribution < -0.4 is 0 Å². The number of esters is 1. The summed E-state index contributed by atoms with van der Waals surface area (Å²) in [7, 11) is 0. The molecule has 0 bridgehead atoms. The van der Waals surface area contributed by atoms with Crippen LogP contribution in [0.3, 0.4) is 0 Å². The molecule has 1 unspecified atom stereocenters. The second-order valence-electron chi connectivity index (χ2n) is 6.95. The van der Waals surface area contributed by atoms with Crippen molar-refractivity contribution in [2.45, 2.75) is 24.9 Å². The number of carbonyl (C=O) groups excluding carboxylic acids is 2. The molecule has 1 fully saturated rings. The molecule has 0 radical (unpaired) electrons. The van der Waals surface area contributed by atoms with Crippen molar-refractivity contribution in [2.75, 3.05) is 0 Å². The van der Waals surface area contributed by atoms with Crippen molar-refractivity contribution >= 4 is 23.6 Å². The molecule has 0 aromatic heterocycles. The molecule has 1 aliphatic carbocycles. The van der Waals surface area contributed by atoms with Gasteiger partial charge in [-0.2, -0.15) is 0 Å². The minimum Gasteiger partial charge on any atom is -0.480 e. The van der Waals surface area contributed by atoms with Crippen molar-refractivity contribution in [3.63, 3.8) is 0 Å². The number of hydrogen-bond acceptors (Lipinski definition) is 6. The number of nitrogens with zero attached hydrogens (tertiary/aromatic N) is 1. The standard InChI is InChI=1S/C21H17NO6/c23-17(24)20(11-12-20)18(25)27-21(13-14-7-3-1-4-8-14)16(22-28-19(21)26)15-9-5-2-6-10-15/h1-10H,11-13H2,(H,23,24). The maximum Gasteiger partial charge on any atom is 0.385 e. The Balaban J connectivity index is 1.77. The minimum atomic E-state index is -1.84. The fraction of sp³-hybridized carbons (Fsp3) is 0.238. The Morgan fingerprint density at radius 2 is 1.64 bits per heavy atom. The first-order valence-electron chi connectivity index (χ1n) is 8.84. The highest BCUT2D eigenvalue weighted by Gasteiger charge is 2.63. The van der Waals surface area contributed by atoms with Gasteiger partial charge in [0, 0.05) is 12.0 Å². The lowest BCUT2D eigenvalue weighted by molar-refractivity contribution is -0.177. The first-order chi connectivity index (χ1) is 13.5. The van der Waals surface area contributed by atoms with E-state index in [1.807, 2.05) is 6.07 Å². The number of aliphatic carboxylic acids is 1. The van der Waals surface area contributed by atoms with E-state index in [4.69, 9.17) is 9.57 Å². The van der Waals surface area contributed by atoms with Crippen molar-refractivity contribution in [1.82, 2.24) is 0 Å². The molecule has 2 aromatic carbocycles. The molecule has 4 rings (SSSR count). The molecule has 0 spiro atoms. The minimum absolute atomic E-state index is 0.0121. The average molecular weight is 379 g/mol. The van der Waals surface area contributed by atoms with Crippen LogP contribution in [0.4, 0.5) is 0 Å². The van der Waals surface area contributed by atoms with Crippen LogP contribution in [-0.2, 0) is 30.4 Å². The van der Waals surface area contributed by atoms with Gasteiger partial charge < -0.3 is 14.7 Å². The molecule has 28 heavy (non-hydrogen) atoms. The highest BCUT2D eigenvalue weighted by atomic mass is 16.7. The average Bonchev–Trinajstić information content (AvgIpc) is 3.46. The van der Waals surface area contributed by atoms with Crippen LogP contribution in [0.5, 0.6) is 0 Å². The molecular weight excluding hydrogens is 362 g/mol. The zero-order chi connectivity index (χ0) is 19.8. The van der Waals surface area contributed by atoms with Crippen molar-refractivity contribution in [2.24, 2.45) is 10.6 Å². The third-order valence-electron chi connectivity index (χ3n) is 5.09. The van der Waals surface area contributed by atoms with Gasteiger partial charge in [0.2, 0.25) is 0 Å². The molecule has 7 heteroatoms. The van der Waals surface area contributed by atoms with Crippen LogP contribution in [0, 0.1) is 5.41 Å². The second-order valence-corrected chi connectivity index (χ2v) is 6.95. The Bertz CT molecular complexity index is 965. The van der Waals surface area contributed by atoms with Crippen LogP contribution in [-0.4, -0.2) is 34.3 Å². The van der Waals surface area contributed by atoms with Crippen LogP contribution in [0.15, 0.2) is 65.8 Å². The van der Waals surface area contributed by atoms with Gasteiger partial charge >= 0.3 is 17.9 Å². The first-order valence-corrected chi connectivity index (χ1v) is 8.84. The molecule has 7 nitrogen and oxygen atoms in total. The second kappa shape index (κ2) is 6.60. The van der Waals surface area contributed by atoms with Gasteiger partial charge in [0.1, 0.15) is 5.71 Å². The molecule has 1 heterocycles. The number of ether oxygens (including phenoxy) is 1. The molecular formula is C21H17NO6. The predicted molar refractivity (Wildman–Crippen MR) is 97.3 cm³/mol. The van der Waals surface area contributed by atoms with Gasteiger partial charge in [0.15, 0.2) is 5.41 Å². The van der Waals surface area contributed by atoms with Crippen LogP contribution in [0.1, 0.15) is 24.0 Å². The van der Waals surface area contributed by atoms with E-state index in [0.717, 1.165) is 5.56 Å². The zero-order valence-corrected chi connectivity index (χ0v) is 14.8. The van der Waals surface area contributed by atoms with Crippen molar-refractivity contribution < 1.29 is 29.1 Å². The molecule has 1 saturated carbocycles. The summed E-state index contributed by atoms with van der Waals surface area (Å²) in [5, 5.41) is 13.3. The number of hydrogen-bond donors (Lipinski definition) is 1. The van der Waals surface area contributed by atoms with Gasteiger partial charge in [-0.05, 0) is 18.4 Å². The van der Waals surface area contributed by atoms with E-state index in [2.05, 4.69) is 5.16 Å². The van der Waals surface area contributed by atoms with Gasteiger partial charge in [-0.1, -0.05) is 65.8 Å². The summed E-state index contributed by atoms with van der Waals surface area (Å²) in [5.41, 5.74) is -2.02. The Kier molecular flexibility index (Phi) is 4.22. The lowest BCUT2D eigenvalue weighted by Gasteiger charge is -2.28. The fourth-order valence-electron chi connectivity index (χ4n) is 3.26. The Morgan fingerprint density at radius 1 is 1.04 bits per heavy atom. The number of oxime groups is 1. The van der Waals surface area contributed by atoms with Gasteiger partial charge in [0.05, 0.1) is 0 Å². The third kappa shape index (κ3) is 2.85. The molecule has 142 valence electrons. The number of benzene rings is 2. The van der Waals surface area contributed by atoms with E-state index in [9.17, 15) is 19.5 Å². The van der Waals surface area contributed by atoms with E-state index in [1.165, 1.54) is 0 Å². The van der Waals surface area contributed by atoms with E-state index < -0.39 is 28.9 Å². The summed E-state index contributed by atoms with van der Waals surface area (Å²) in [6.45, 7) is 0. The summed E-state index contributed by atoms with van der Waals surface area (Å²) in [5.74, 6) is -3.04. The summed E-state index contributed by atoms with van der Waals surface area (Å²) in [4.78, 5) is 42.0. The molecule has 1 N–H and O–H groups in total. The van der Waals surface area contributed by atoms with E-state index in [0.29, 0.717) is 5.56 Å². The number of carboxylic acids is 1. The SMILES string of the molecule is O=C(O)C1(C(=O)OC2(Cc3ccccc3)C(=O)ON=C2c2ccccc2)CC1. The number of carbonyl (C=O) groups is 3. The quantitative estimate of drug-likeness (QED) is 0.470. The van der Waals surface area contributed by atoms with Crippen molar-refractivity contribution in [3.8, 4) is 0 Å². The van der Waals surface area contributed by atoms with Crippen molar-refractivity contribution in [3.05, 3.63) is 71.8 Å². The monoisotopic (exact) mass is 379 g/mol. The number of carboxylic acid groups (broad SMARTS) is 1. The summed E-state index contributed by atoms with van der Waals surface area (Å²) < 4.78 is 5.65. The van der Waals surface area contributed by atoms with E-state index in [-0.39, 0.29) is 25.0 Å². The lowest BCUT2D eigenvalue weighted by Crippen LogP contribution is -2.51. The molecule has 0 saturated heterocycles. The fourth-order valence-corrected chi connectivity index (χ4v) is 3.26. The zero-order valence-electron chi connectivity index (χ0n) is 14.8. The smallest absolute Gasteiger partial charge is 0.385 e. The molecule has 2 aromatic rings. The van der Waals surface area contributed by atoms with Gasteiger partial charge in [-0.3, -0.25) is 9.59 Å². The van der Waals surface area contributed by atoms with E-state index >= 15 is 0 Å². The topological polar surface area (TPSA) is 102 Å².